The van der Waals surface area contributed by atoms with Gasteiger partial charge in [-0.3, -0.25) is 14.4 Å². The van der Waals surface area contributed by atoms with Crippen LogP contribution in [0.2, 0.25) is 0 Å². The van der Waals surface area contributed by atoms with Gasteiger partial charge in [-0.05, 0) is 63.1 Å². The number of fused-ring (bicyclic) bond motifs is 1. The number of aryl methyl sites for hydroxylation is 2. The van der Waals surface area contributed by atoms with Crippen LogP contribution in [0.4, 0.5) is 0 Å². The van der Waals surface area contributed by atoms with Crippen LogP contribution in [0.25, 0.3) is 0 Å². The van der Waals surface area contributed by atoms with Crippen LogP contribution in [0.5, 0.6) is 0 Å². The van der Waals surface area contributed by atoms with Gasteiger partial charge in [0.05, 0.1) is 23.6 Å². The Morgan fingerprint density at radius 2 is 2.00 bits per heavy atom. The minimum Gasteiger partial charge on any atom is -0.293 e. The van der Waals surface area contributed by atoms with Gasteiger partial charge in [0, 0.05) is 31.6 Å². The van der Waals surface area contributed by atoms with E-state index in [0.717, 1.165) is 31.6 Å². The monoisotopic (exact) mass is 353 g/mol. The summed E-state index contributed by atoms with van der Waals surface area (Å²) >= 11 is 0. The van der Waals surface area contributed by atoms with E-state index in [1.165, 1.54) is 49.1 Å². The van der Waals surface area contributed by atoms with E-state index in [1.54, 1.807) is 10.7 Å². The summed E-state index contributed by atoms with van der Waals surface area (Å²) in [7, 11) is 2.07. The van der Waals surface area contributed by atoms with Gasteiger partial charge >= 0.3 is 0 Å². The van der Waals surface area contributed by atoms with E-state index in [-0.39, 0.29) is 5.56 Å². The minimum absolute atomic E-state index is 0.0303. The van der Waals surface area contributed by atoms with Gasteiger partial charge in [0.2, 0.25) is 0 Å². The molecular weight excluding hydrogens is 326 g/mol. The quantitative estimate of drug-likeness (QED) is 0.825. The molecule has 3 heterocycles. The molecule has 5 rings (SSSR count). The topological polar surface area (TPSA) is 56.0 Å². The fourth-order valence-electron chi connectivity index (χ4n) is 4.68. The van der Waals surface area contributed by atoms with Crippen molar-refractivity contribution in [2.24, 2.45) is 7.05 Å². The zero-order valence-corrected chi connectivity index (χ0v) is 15.5. The second kappa shape index (κ2) is 6.34. The van der Waals surface area contributed by atoms with Gasteiger partial charge < -0.3 is 0 Å². The van der Waals surface area contributed by atoms with Crippen LogP contribution in [0.15, 0.2) is 16.9 Å². The van der Waals surface area contributed by atoms with E-state index >= 15 is 0 Å². The maximum Gasteiger partial charge on any atom is 0.266 e. The molecule has 26 heavy (non-hydrogen) atoms. The van der Waals surface area contributed by atoms with Crippen LogP contribution in [0.3, 0.4) is 0 Å². The molecule has 6 heteroatoms. The molecule has 2 aromatic rings. The molecule has 2 aromatic heterocycles. The average Bonchev–Trinajstić information content (AvgIpc) is 3.11. The highest BCUT2D eigenvalue weighted by atomic mass is 16.1. The third-order valence-corrected chi connectivity index (χ3v) is 6.32. The average molecular weight is 353 g/mol. The van der Waals surface area contributed by atoms with Gasteiger partial charge in [0.1, 0.15) is 0 Å². The first-order chi connectivity index (χ1) is 12.7. The van der Waals surface area contributed by atoms with Crippen molar-refractivity contribution in [3.63, 3.8) is 0 Å². The first-order valence-corrected chi connectivity index (χ1v) is 10.0. The molecule has 0 N–H and O–H groups in total. The lowest BCUT2D eigenvalue weighted by Crippen LogP contribution is -2.37. The van der Waals surface area contributed by atoms with Crippen molar-refractivity contribution in [2.75, 3.05) is 6.54 Å². The predicted octanol–water partition coefficient (Wildman–Crippen LogP) is 2.01. The second-order valence-electron chi connectivity index (χ2n) is 8.17. The molecule has 1 aliphatic heterocycles. The maximum atomic E-state index is 12.3. The van der Waals surface area contributed by atoms with E-state index in [2.05, 4.69) is 21.7 Å². The molecule has 0 bridgehead atoms. The van der Waals surface area contributed by atoms with Crippen molar-refractivity contribution < 1.29 is 0 Å². The third kappa shape index (κ3) is 2.90. The number of nitrogens with zero attached hydrogens (tertiary/aromatic N) is 5. The Morgan fingerprint density at radius 1 is 1.12 bits per heavy atom. The molecule has 6 nitrogen and oxygen atoms in total. The van der Waals surface area contributed by atoms with Crippen molar-refractivity contribution in [1.29, 1.82) is 0 Å². The lowest BCUT2D eigenvalue weighted by atomic mass is 10.1. The van der Waals surface area contributed by atoms with Gasteiger partial charge in [-0.2, -0.15) is 10.2 Å². The van der Waals surface area contributed by atoms with E-state index in [9.17, 15) is 4.79 Å². The van der Waals surface area contributed by atoms with Crippen molar-refractivity contribution in [2.45, 2.75) is 70.0 Å². The van der Waals surface area contributed by atoms with Crippen molar-refractivity contribution in [3.05, 3.63) is 45.1 Å². The van der Waals surface area contributed by atoms with Gasteiger partial charge in [-0.25, -0.2) is 4.68 Å². The molecule has 1 saturated heterocycles. The smallest absolute Gasteiger partial charge is 0.266 e. The molecule has 0 spiro atoms. The summed E-state index contributed by atoms with van der Waals surface area (Å²) in [5.41, 5.74) is 5.27. The zero-order valence-electron chi connectivity index (χ0n) is 15.5. The Balaban J connectivity index is 1.35. The van der Waals surface area contributed by atoms with Gasteiger partial charge in [0.25, 0.3) is 5.56 Å². The highest BCUT2D eigenvalue weighted by Crippen LogP contribution is 2.38. The molecule has 2 aliphatic carbocycles. The number of aromatic nitrogens is 4. The highest BCUT2D eigenvalue weighted by molar-refractivity contribution is 5.30. The van der Waals surface area contributed by atoms with Crippen LogP contribution >= 0.6 is 0 Å². The maximum absolute atomic E-state index is 12.3. The lowest BCUT2D eigenvalue weighted by molar-refractivity contribution is 0.211. The van der Waals surface area contributed by atoms with Crippen LogP contribution in [0.1, 0.15) is 60.7 Å². The Kier molecular flexibility index (Phi) is 3.96. The summed E-state index contributed by atoms with van der Waals surface area (Å²) in [4.78, 5) is 14.8. The molecule has 0 aromatic carbocycles. The van der Waals surface area contributed by atoms with Gasteiger partial charge in [0.15, 0.2) is 0 Å². The molecule has 1 atom stereocenters. The normalized spacial score (nSPS) is 22.9. The second-order valence-corrected chi connectivity index (χ2v) is 8.17. The molecule has 2 fully saturated rings. The number of hydrogen-bond donors (Lipinski definition) is 0. The summed E-state index contributed by atoms with van der Waals surface area (Å²) in [5.74, 6) is 0.582. The van der Waals surface area contributed by atoms with Crippen molar-refractivity contribution in [1.82, 2.24) is 24.5 Å². The third-order valence-electron chi connectivity index (χ3n) is 6.32. The minimum atomic E-state index is 0.0303. The van der Waals surface area contributed by atoms with E-state index in [0.29, 0.717) is 18.5 Å². The molecule has 3 aliphatic rings. The van der Waals surface area contributed by atoms with Gasteiger partial charge in [-0.1, -0.05) is 0 Å². The van der Waals surface area contributed by atoms with E-state index in [4.69, 9.17) is 5.10 Å². The SMILES string of the molecule is Cn1nc2c(c1CN1CCCC1Cn1nc(C3CC3)ccc1=O)CCC2. The standard InChI is InChI=1S/C20H27N5O/c1-23-19(16-5-2-6-18(16)21-23)13-24-11-3-4-15(24)12-25-20(26)10-9-17(22-25)14-7-8-14/h9-10,14-15H,2-8,11-13H2,1H3. The number of likely N-dealkylation sites (tertiary alicyclic amines) is 1. The van der Waals surface area contributed by atoms with Crippen LogP contribution in [-0.2, 0) is 33.0 Å². The molecule has 0 radical (unpaired) electrons. The van der Waals surface area contributed by atoms with Crippen LogP contribution < -0.4 is 5.56 Å². The Hall–Kier alpha value is -1.95. The zero-order chi connectivity index (χ0) is 17.7. The van der Waals surface area contributed by atoms with Gasteiger partial charge in [-0.15, -0.1) is 0 Å². The molecule has 1 saturated carbocycles. The molecular formula is C20H27N5O. The van der Waals surface area contributed by atoms with E-state index < -0.39 is 0 Å². The Labute approximate surface area is 153 Å². The van der Waals surface area contributed by atoms with Crippen molar-refractivity contribution >= 4 is 0 Å². The fourth-order valence-corrected chi connectivity index (χ4v) is 4.68. The Bertz CT molecular complexity index is 879. The first-order valence-electron chi connectivity index (χ1n) is 10.0. The highest BCUT2D eigenvalue weighted by Gasteiger charge is 2.30. The number of rotatable bonds is 5. The number of hydrogen-bond acceptors (Lipinski definition) is 4. The summed E-state index contributed by atoms with van der Waals surface area (Å²) in [5, 5.41) is 9.38. The first kappa shape index (κ1) is 16.2. The molecule has 0 amide bonds. The van der Waals surface area contributed by atoms with Crippen molar-refractivity contribution in [3.8, 4) is 0 Å². The lowest BCUT2D eigenvalue weighted by Gasteiger charge is -2.25. The summed E-state index contributed by atoms with van der Waals surface area (Å²) in [6.07, 6.45) is 8.30. The summed E-state index contributed by atoms with van der Waals surface area (Å²) < 4.78 is 3.79. The summed E-state index contributed by atoms with van der Waals surface area (Å²) in [6.45, 7) is 2.75. The predicted molar refractivity (Wildman–Crippen MR) is 99.1 cm³/mol. The van der Waals surface area contributed by atoms with E-state index in [1.807, 2.05) is 6.07 Å². The van der Waals surface area contributed by atoms with Crippen LogP contribution in [0, 0.1) is 0 Å². The molecule has 1 unspecified atom stereocenters. The Morgan fingerprint density at radius 3 is 2.85 bits per heavy atom. The van der Waals surface area contributed by atoms with Crippen LogP contribution in [-0.4, -0.2) is 37.0 Å². The largest absolute Gasteiger partial charge is 0.293 e. The molecule has 138 valence electrons. The summed E-state index contributed by atoms with van der Waals surface area (Å²) in [6, 6.07) is 4.01. The fraction of sp³-hybridized carbons (Fsp3) is 0.650.